The van der Waals surface area contributed by atoms with Crippen LogP contribution in [0.4, 0.5) is 5.69 Å². The number of hydrogen-bond donors (Lipinski definition) is 0. The first kappa shape index (κ1) is 18.2. The first-order valence-corrected chi connectivity index (χ1v) is 9.52. The van der Waals surface area contributed by atoms with Gasteiger partial charge in [-0.15, -0.1) is 0 Å². The third kappa shape index (κ3) is 4.53. The summed E-state index contributed by atoms with van der Waals surface area (Å²) in [6.07, 6.45) is 4.31. The molecule has 0 spiro atoms. The number of unbranched alkanes of at least 4 members (excludes halogenated alkanes) is 1. The lowest BCUT2D eigenvalue weighted by molar-refractivity contribution is -0.0969. The minimum absolute atomic E-state index is 0.116. The average molecular weight is 346 g/mol. The number of amides is 1. The van der Waals surface area contributed by atoms with E-state index in [0.717, 1.165) is 43.7 Å². The average Bonchev–Trinajstić information content (AvgIpc) is 3.20. The molecule has 1 atom stereocenters. The molecule has 2 aliphatic heterocycles. The number of nitrogens with zero attached hydrogens (tertiary/aromatic N) is 2. The molecule has 5 nitrogen and oxygen atoms in total. The van der Waals surface area contributed by atoms with Crippen molar-refractivity contribution in [2.45, 2.75) is 38.9 Å². The van der Waals surface area contributed by atoms with Crippen LogP contribution in [0.25, 0.3) is 0 Å². The molecular weight excluding hydrogens is 316 g/mol. The van der Waals surface area contributed by atoms with Gasteiger partial charge < -0.3 is 19.3 Å². The number of carbonyl (C=O) groups excluding carboxylic acids is 1. The Morgan fingerprint density at radius 1 is 1.24 bits per heavy atom. The third-order valence-electron chi connectivity index (χ3n) is 5.18. The summed E-state index contributed by atoms with van der Waals surface area (Å²) in [7, 11) is 2.10. The predicted molar refractivity (Wildman–Crippen MR) is 98.9 cm³/mol. The lowest BCUT2D eigenvalue weighted by Gasteiger charge is -2.34. The first-order valence-electron chi connectivity index (χ1n) is 9.52. The van der Waals surface area contributed by atoms with Gasteiger partial charge in [0.1, 0.15) is 0 Å². The molecule has 5 heteroatoms. The van der Waals surface area contributed by atoms with Gasteiger partial charge in [0.25, 0.3) is 5.91 Å². The van der Waals surface area contributed by atoms with Gasteiger partial charge in [-0.05, 0) is 43.5 Å². The molecule has 2 heterocycles. The van der Waals surface area contributed by atoms with Crippen LogP contribution in [0.3, 0.4) is 0 Å². The van der Waals surface area contributed by atoms with E-state index < -0.39 is 0 Å². The molecule has 1 aromatic carbocycles. The van der Waals surface area contributed by atoms with E-state index in [2.05, 4.69) is 18.9 Å². The van der Waals surface area contributed by atoms with Gasteiger partial charge in [-0.1, -0.05) is 13.3 Å². The zero-order valence-electron chi connectivity index (χ0n) is 15.4. The SMILES string of the molecule is CCCCN(C)c1ccc(C(=O)N2CCCC(C3OCCO3)C2)cc1. The Kier molecular flexibility index (Phi) is 6.32. The lowest BCUT2D eigenvalue weighted by atomic mass is 9.96. The molecule has 2 aliphatic rings. The summed E-state index contributed by atoms with van der Waals surface area (Å²) >= 11 is 0. The number of ether oxygens (including phenoxy) is 2. The van der Waals surface area contributed by atoms with Crippen LogP contribution in [-0.2, 0) is 9.47 Å². The molecule has 1 aromatic rings. The van der Waals surface area contributed by atoms with E-state index in [4.69, 9.17) is 9.47 Å². The van der Waals surface area contributed by atoms with Crippen molar-refractivity contribution in [3.05, 3.63) is 29.8 Å². The highest BCUT2D eigenvalue weighted by Gasteiger charge is 2.33. The Bertz CT molecular complexity index is 555. The number of benzene rings is 1. The Hall–Kier alpha value is -1.59. The van der Waals surface area contributed by atoms with Crippen LogP contribution >= 0.6 is 0 Å². The highest BCUT2D eigenvalue weighted by Crippen LogP contribution is 2.26. The topological polar surface area (TPSA) is 42.0 Å². The second-order valence-corrected chi connectivity index (χ2v) is 7.09. The molecule has 0 bridgehead atoms. The zero-order valence-corrected chi connectivity index (χ0v) is 15.4. The van der Waals surface area contributed by atoms with Crippen LogP contribution in [0, 0.1) is 5.92 Å². The van der Waals surface area contributed by atoms with Crippen LogP contribution in [-0.4, -0.2) is 57.0 Å². The van der Waals surface area contributed by atoms with Crippen molar-refractivity contribution < 1.29 is 14.3 Å². The van der Waals surface area contributed by atoms with E-state index >= 15 is 0 Å². The molecule has 0 aliphatic carbocycles. The van der Waals surface area contributed by atoms with Crippen LogP contribution in [0.5, 0.6) is 0 Å². The molecule has 0 radical (unpaired) electrons. The lowest BCUT2D eigenvalue weighted by Crippen LogP contribution is -2.43. The van der Waals surface area contributed by atoms with Gasteiger partial charge in [-0.2, -0.15) is 0 Å². The molecule has 25 heavy (non-hydrogen) atoms. The molecule has 0 aromatic heterocycles. The molecule has 3 rings (SSSR count). The van der Waals surface area contributed by atoms with Crippen molar-refractivity contribution in [2.24, 2.45) is 5.92 Å². The van der Waals surface area contributed by atoms with Crippen LogP contribution in [0.1, 0.15) is 43.0 Å². The van der Waals surface area contributed by atoms with Gasteiger partial charge in [0.2, 0.25) is 0 Å². The summed E-state index contributed by atoms with van der Waals surface area (Å²) in [5.41, 5.74) is 1.93. The largest absolute Gasteiger partial charge is 0.375 e. The molecule has 2 fully saturated rings. The number of likely N-dealkylation sites (tertiary alicyclic amines) is 1. The highest BCUT2D eigenvalue weighted by molar-refractivity contribution is 5.94. The van der Waals surface area contributed by atoms with Crippen LogP contribution in [0.2, 0.25) is 0 Å². The first-order chi connectivity index (χ1) is 12.2. The normalized spacial score (nSPS) is 21.5. The van der Waals surface area contributed by atoms with Crippen molar-refractivity contribution in [1.29, 1.82) is 0 Å². The quantitative estimate of drug-likeness (QED) is 0.793. The maximum atomic E-state index is 12.8. The minimum Gasteiger partial charge on any atom is -0.375 e. The van der Waals surface area contributed by atoms with E-state index in [1.165, 1.54) is 12.8 Å². The number of hydrogen-bond acceptors (Lipinski definition) is 4. The van der Waals surface area contributed by atoms with Crippen molar-refractivity contribution in [3.63, 3.8) is 0 Å². The number of piperidine rings is 1. The summed E-state index contributed by atoms with van der Waals surface area (Å²) in [5, 5.41) is 0. The highest BCUT2D eigenvalue weighted by atomic mass is 16.7. The van der Waals surface area contributed by atoms with Crippen molar-refractivity contribution in [1.82, 2.24) is 4.90 Å². The van der Waals surface area contributed by atoms with E-state index in [-0.39, 0.29) is 12.2 Å². The van der Waals surface area contributed by atoms with E-state index in [1.807, 2.05) is 29.2 Å². The van der Waals surface area contributed by atoms with Crippen molar-refractivity contribution in [3.8, 4) is 0 Å². The summed E-state index contributed by atoms with van der Waals surface area (Å²) < 4.78 is 11.3. The van der Waals surface area contributed by atoms with Gasteiger partial charge in [-0.3, -0.25) is 4.79 Å². The fourth-order valence-corrected chi connectivity index (χ4v) is 3.63. The van der Waals surface area contributed by atoms with Gasteiger partial charge in [0, 0.05) is 43.9 Å². The molecule has 1 unspecified atom stereocenters. The van der Waals surface area contributed by atoms with Crippen molar-refractivity contribution >= 4 is 11.6 Å². The standard InChI is InChI=1S/C20H30N2O3/c1-3-4-11-21(2)18-9-7-16(8-10-18)19(23)22-12-5-6-17(15-22)20-24-13-14-25-20/h7-10,17,20H,3-6,11-15H2,1-2H3. The van der Waals surface area contributed by atoms with Crippen LogP contribution < -0.4 is 4.90 Å². The second-order valence-electron chi connectivity index (χ2n) is 7.09. The van der Waals surface area contributed by atoms with Gasteiger partial charge in [-0.25, -0.2) is 0 Å². The van der Waals surface area contributed by atoms with Gasteiger partial charge >= 0.3 is 0 Å². The Morgan fingerprint density at radius 3 is 2.64 bits per heavy atom. The van der Waals surface area contributed by atoms with Gasteiger partial charge in [0.05, 0.1) is 13.2 Å². The molecule has 0 saturated carbocycles. The Balaban J connectivity index is 1.60. The summed E-state index contributed by atoms with van der Waals surface area (Å²) in [6.45, 7) is 6.12. The molecule has 1 amide bonds. The molecule has 0 N–H and O–H groups in total. The number of anilines is 1. The fraction of sp³-hybridized carbons (Fsp3) is 0.650. The van der Waals surface area contributed by atoms with E-state index in [1.54, 1.807) is 0 Å². The van der Waals surface area contributed by atoms with E-state index in [0.29, 0.717) is 19.1 Å². The molecule has 138 valence electrons. The minimum atomic E-state index is -0.134. The number of carbonyl (C=O) groups is 1. The Morgan fingerprint density at radius 2 is 1.96 bits per heavy atom. The third-order valence-corrected chi connectivity index (χ3v) is 5.18. The summed E-state index contributed by atoms with van der Waals surface area (Å²) in [4.78, 5) is 17.0. The van der Waals surface area contributed by atoms with Crippen molar-refractivity contribution in [2.75, 3.05) is 44.8 Å². The molecular formula is C20H30N2O3. The van der Waals surface area contributed by atoms with Crippen LogP contribution in [0.15, 0.2) is 24.3 Å². The monoisotopic (exact) mass is 346 g/mol. The maximum absolute atomic E-state index is 12.8. The van der Waals surface area contributed by atoms with E-state index in [9.17, 15) is 4.79 Å². The smallest absolute Gasteiger partial charge is 0.253 e. The second kappa shape index (κ2) is 8.68. The van der Waals surface area contributed by atoms with Gasteiger partial charge in [0.15, 0.2) is 6.29 Å². The summed E-state index contributed by atoms with van der Waals surface area (Å²) in [5.74, 6) is 0.408. The number of rotatable bonds is 6. The predicted octanol–water partition coefficient (Wildman–Crippen LogP) is 3.15. The summed E-state index contributed by atoms with van der Waals surface area (Å²) in [6, 6.07) is 8.00. The Labute approximate surface area is 150 Å². The fourth-order valence-electron chi connectivity index (χ4n) is 3.63. The molecule has 2 saturated heterocycles. The maximum Gasteiger partial charge on any atom is 0.253 e. The zero-order chi connectivity index (χ0) is 17.6.